The van der Waals surface area contributed by atoms with E-state index in [9.17, 15) is 8.42 Å². The van der Waals surface area contributed by atoms with E-state index in [0.29, 0.717) is 0 Å². The zero-order valence-electron chi connectivity index (χ0n) is 8.47. The van der Waals surface area contributed by atoms with E-state index in [2.05, 4.69) is 4.98 Å². The maximum Gasteiger partial charge on any atom is 0.300 e. The summed E-state index contributed by atoms with van der Waals surface area (Å²) in [5.41, 5.74) is 0. The summed E-state index contributed by atoms with van der Waals surface area (Å²) >= 11 is 5.65. The fourth-order valence-electron chi connectivity index (χ4n) is 0.847. The third-order valence-electron chi connectivity index (χ3n) is 1.55. The van der Waals surface area contributed by atoms with Crippen LogP contribution in [0, 0.1) is 5.92 Å². The molecule has 0 saturated carbocycles. The van der Waals surface area contributed by atoms with Gasteiger partial charge in [0.2, 0.25) is 0 Å². The monoisotopic (exact) mass is 249 g/mol. The van der Waals surface area contributed by atoms with Crippen molar-refractivity contribution >= 4 is 21.7 Å². The minimum absolute atomic E-state index is 0.0683. The van der Waals surface area contributed by atoms with Crippen LogP contribution in [0.25, 0.3) is 0 Å². The van der Waals surface area contributed by atoms with E-state index in [-0.39, 0.29) is 22.6 Å². The molecule has 0 aliphatic rings. The third-order valence-corrected chi connectivity index (χ3v) is 3.28. The number of nitrogens with zero attached hydrogens (tertiary/aromatic N) is 1. The molecule has 1 heterocycles. The van der Waals surface area contributed by atoms with Crippen LogP contribution < -0.4 is 0 Å². The molecular formula is C9H12ClNO3S. The van der Waals surface area contributed by atoms with Gasteiger partial charge < -0.3 is 0 Å². The van der Waals surface area contributed by atoms with Crippen molar-refractivity contribution in [2.75, 3.05) is 6.61 Å². The number of aromatic nitrogens is 1. The summed E-state index contributed by atoms with van der Waals surface area (Å²) in [7, 11) is -3.78. The Labute approximate surface area is 94.4 Å². The van der Waals surface area contributed by atoms with E-state index in [1.54, 1.807) is 0 Å². The van der Waals surface area contributed by atoms with Gasteiger partial charge in [0.05, 0.1) is 6.61 Å². The molecule has 1 rings (SSSR count). The second kappa shape index (κ2) is 4.92. The van der Waals surface area contributed by atoms with Gasteiger partial charge in [-0.3, -0.25) is 4.18 Å². The molecule has 0 spiro atoms. The van der Waals surface area contributed by atoms with Gasteiger partial charge in [0.1, 0.15) is 10.0 Å². The highest BCUT2D eigenvalue weighted by Crippen LogP contribution is 2.20. The van der Waals surface area contributed by atoms with Crippen LogP contribution in [0.4, 0.5) is 0 Å². The molecular weight excluding hydrogens is 238 g/mol. The Kier molecular flexibility index (Phi) is 4.07. The van der Waals surface area contributed by atoms with E-state index in [1.807, 2.05) is 13.8 Å². The first-order chi connectivity index (χ1) is 6.93. The fraction of sp³-hybridized carbons (Fsp3) is 0.444. The summed E-state index contributed by atoms with van der Waals surface area (Å²) in [6, 6.07) is 2.86. The Bertz CT molecular complexity index is 431. The van der Waals surface area contributed by atoms with E-state index < -0.39 is 10.1 Å². The van der Waals surface area contributed by atoms with Crippen molar-refractivity contribution in [2.24, 2.45) is 5.92 Å². The summed E-state index contributed by atoms with van der Waals surface area (Å²) in [6.07, 6.45) is 1.42. The number of rotatable bonds is 4. The van der Waals surface area contributed by atoms with Crippen molar-refractivity contribution in [1.82, 2.24) is 4.98 Å². The molecule has 1 aromatic heterocycles. The molecule has 6 heteroatoms. The lowest BCUT2D eigenvalue weighted by molar-refractivity contribution is 0.275. The average Bonchev–Trinajstić information content (AvgIpc) is 2.15. The highest BCUT2D eigenvalue weighted by atomic mass is 35.5. The van der Waals surface area contributed by atoms with Gasteiger partial charge in [-0.25, -0.2) is 4.98 Å². The summed E-state index contributed by atoms with van der Waals surface area (Å²) in [6.45, 7) is 3.86. The second-order valence-corrected chi connectivity index (χ2v) is 5.37. The normalized spacial score (nSPS) is 12.0. The molecule has 0 N–H and O–H groups in total. The number of hydrogen-bond acceptors (Lipinski definition) is 4. The predicted molar refractivity (Wildman–Crippen MR) is 57.2 cm³/mol. The van der Waals surface area contributed by atoms with E-state index >= 15 is 0 Å². The van der Waals surface area contributed by atoms with Crippen molar-refractivity contribution in [1.29, 1.82) is 0 Å². The molecule has 0 radical (unpaired) electrons. The lowest BCUT2D eigenvalue weighted by Gasteiger charge is -2.07. The Hall–Kier alpha value is -0.650. The summed E-state index contributed by atoms with van der Waals surface area (Å²) < 4.78 is 28.0. The average molecular weight is 250 g/mol. The predicted octanol–water partition coefficient (Wildman–Crippen LogP) is 2.10. The standard InChI is InChI=1S/C9H12ClNO3S/c1-7(2)6-14-15(12,13)8-4-3-5-11-9(8)10/h3-5,7H,6H2,1-2H3. The SMILES string of the molecule is CC(C)COS(=O)(=O)c1cccnc1Cl. The molecule has 0 bridgehead atoms. The molecule has 84 valence electrons. The second-order valence-electron chi connectivity index (χ2n) is 3.42. The van der Waals surface area contributed by atoms with Gasteiger partial charge >= 0.3 is 0 Å². The fourth-order valence-corrected chi connectivity index (χ4v) is 2.33. The first kappa shape index (κ1) is 12.4. The van der Waals surface area contributed by atoms with Gasteiger partial charge in [-0.2, -0.15) is 8.42 Å². The lowest BCUT2D eigenvalue weighted by Crippen LogP contribution is -2.11. The zero-order chi connectivity index (χ0) is 11.5. The molecule has 0 aliphatic heterocycles. The van der Waals surface area contributed by atoms with Crippen LogP contribution in [0.15, 0.2) is 23.2 Å². The van der Waals surface area contributed by atoms with Gasteiger partial charge in [0, 0.05) is 6.20 Å². The van der Waals surface area contributed by atoms with Crippen molar-refractivity contribution in [3.8, 4) is 0 Å². The maximum atomic E-state index is 11.6. The molecule has 15 heavy (non-hydrogen) atoms. The number of pyridine rings is 1. The maximum absolute atomic E-state index is 11.6. The molecule has 0 unspecified atom stereocenters. The Morgan fingerprint density at radius 2 is 2.20 bits per heavy atom. The van der Waals surface area contributed by atoms with E-state index in [4.69, 9.17) is 15.8 Å². The molecule has 1 aromatic rings. The van der Waals surface area contributed by atoms with Gasteiger partial charge in [-0.15, -0.1) is 0 Å². The lowest BCUT2D eigenvalue weighted by atomic mass is 10.2. The van der Waals surface area contributed by atoms with Crippen molar-refractivity contribution in [2.45, 2.75) is 18.7 Å². The zero-order valence-corrected chi connectivity index (χ0v) is 10.0. The first-order valence-electron chi connectivity index (χ1n) is 4.43. The van der Waals surface area contributed by atoms with Crippen LogP contribution in [0.2, 0.25) is 5.15 Å². The molecule has 0 atom stereocenters. The molecule has 0 fully saturated rings. The smallest absolute Gasteiger partial charge is 0.266 e. The number of halogens is 1. The summed E-state index contributed by atoms with van der Waals surface area (Å²) in [5, 5.41) is -0.0683. The van der Waals surface area contributed by atoms with Crippen molar-refractivity contribution in [3.63, 3.8) is 0 Å². The largest absolute Gasteiger partial charge is 0.300 e. The van der Waals surface area contributed by atoms with E-state index in [0.717, 1.165) is 0 Å². The minimum Gasteiger partial charge on any atom is -0.266 e. The highest BCUT2D eigenvalue weighted by molar-refractivity contribution is 7.86. The summed E-state index contributed by atoms with van der Waals surface area (Å²) in [5.74, 6) is 0.134. The number of hydrogen-bond donors (Lipinski definition) is 0. The molecule has 0 saturated heterocycles. The van der Waals surface area contributed by atoms with Crippen LogP contribution >= 0.6 is 11.6 Å². The summed E-state index contributed by atoms with van der Waals surface area (Å²) in [4.78, 5) is 3.59. The minimum atomic E-state index is -3.78. The molecule has 4 nitrogen and oxygen atoms in total. The van der Waals surface area contributed by atoms with Crippen LogP contribution in [-0.2, 0) is 14.3 Å². The van der Waals surface area contributed by atoms with Gasteiger partial charge in [0.25, 0.3) is 10.1 Å². The third kappa shape index (κ3) is 3.44. The van der Waals surface area contributed by atoms with Crippen molar-refractivity contribution in [3.05, 3.63) is 23.5 Å². The van der Waals surface area contributed by atoms with Crippen LogP contribution in [0.5, 0.6) is 0 Å². The van der Waals surface area contributed by atoms with E-state index in [1.165, 1.54) is 18.3 Å². The van der Waals surface area contributed by atoms with Gasteiger partial charge in [-0.05, 0) is 18.1 Å². The first-order valence-corrected chi connectivity index (χ1v) is 6.22. The Balaban J connectivity index is 2.92. The molecule has 0 aliphatic carbocycles. The van der Waals surface area contributed by atoms with Crippen LogP contribution in [-0.4, -0.2) is 20.0 Å². The Morgan fingerprint density at radius 3 is 2.73 bits per heavy atom. The van der Waals surface area contributed by atoms with Crippen LogP contribution in [0.1, 0.15) is 13.8 Å². The Morgan fingerprint density at radius 1 is 1.53 bits per heavy atom. The quantitative estimate of drug-likeness (QED) is 0.606. The topological polar surface area (TPSA) is 56.3 Å². The molecule has 0 amide bonds. The highest BCUT2D eigenvalue weighted by Gasteiger charge is 2.19. The van der Waals surface area contributed by atoms with Crippen molar-refractivity contribution < 1.29 is 12.6 Å². The van der Waals surface area contributed by atoms with Gasteiger partial charge in [0.15, 0.2) is 0 Å². The van der Waals surface area contributed by atoms with Crippen LogP contribution in [0.3, 0.4) is 0 Å². The molecule has 0 aromatic carbocycles. The van der Waals surface area contributed by atoms with Gasteiger partial charge in [-0.1, -0.05) is 25.4 Å².